The third-order valence-electron chi connectivity index (χ3n) is 2.57. The van der Waals surface area contributed by atoms with E-state index in [0.717, 1.165) is 13.8 Å². The van der Waals surface area contributed by atoms with Crippen molar-refractivity contribution in [3.05, 3.63) is 29.3 Å². The molecule has 0 unspecified atom stereocenters. The number of methoxy groups -OCH3 is 1. The molecule has 1 aromatic carbocycles. The summed E-state index contributed by atoms with van der Waals surface area (Å²) < 4.78 is 32.8. The van der Waals surface area contributed by atoms with Gasteiger partial charge in [0.1, 0.15) is 11.4 Å². The molecule has 96 valence electrons. The summed E-state index contributed by atoms with van der Waals surface area (Å²) >= 11 is 0. The van der Waals surface area contributed by atoms with Crippen LogP contribution in [0.25, 0.3) is 0 Å². The first-order valence-electron chi connectivity index (χ1n) is 5.21. The summed E-state index contributed by atoms with van der Waals surface area (Å²) in [5.74, 6) is -3.07. The van der Waals surface area contributed by atoms with Crippen molar-refractivity contribution in [2.45, 2.75) is 31.9 Å². The Morgan fingerprint density at radius 3 is 2.29 bits per heavy atom. The molecule has 0 heterocycles. The number of benzene rings is 1. The zero-order valence-electron chi connectivity index (χ0n) is 10.1. The Bertz CT molecular complexity index is 378. The zero-order chi connectivity index (χ0) is 13.3. The largest absolute Gasteiger partial charge is 0.497 e. The van der Waals surface area contributed by atoms with E-state index in [4.69, 9.17) is 10.5 Å². The van der Waals surface area contributed by atoms with Crippen LogP contribution in [0.2, 0.25) is 0 Å². The van der Waals surface area contributed by atoms with Crippen molar-refractivity contribution in [1.29, 1.82) is 0 Å². The molecule has 1 aromatic rings. The number of nitrogens with two attached hydrogens (primary N) is 1. The van der Waals surface area contributed by atoms with Crippen molar-refractivity contribution in [3.8, 4) is 5.75 Å². The minimum absolute atomic E-state index is 0.131. The summed E-state index contributed by atoms with van der Waals surface area (Å²) in [5, 5.41) is 9.50. The van der Waals surface area contributed by atoms with Crippen molar-refractivity contribution in [3.63, 3.8) is 0 Å². The third kappa shape index (κ3) is 2.73. The van der Waals surface area contributed by atoms with Crippen LogP contribution in [0.15, 0.2) is 18.2 Å². The summed E-state index contributed by atoms with van der Waals surface area (Å²) in [6.45, 7) is 2.26. The van der Waals surface area contributed by atoms with Crippen LogP contribution in [-0.4, -0.2) is 17.8 Å². The van der Waals surface area contributed by atoms with Crippen molar-refractivity contribution in [1.82, 2.24) is 0 Å². The van der Waals surface area contributed by atoms with Crippen LogP contribution in [0.5, 0.6) is 5.75 Å². The summed E-state index contributed by atoms with van der Waals surface area (Å²) in [6.07, 6.45) is 0. The number of ether oxygens (including phenoxy) is 1. The number of aliphatic hydroxyl groups is 1. The van der Waals surface area contributed by atoms with Crippen molar-refractivity contribution in [2.24, 2.45) is 5.73 Å². The number of alkyl halides is 2. The molecule has 0 aliphatic heterocycles. The van der Waals surface area contributed by atoms with E-state index in [9.17, 15) is 13.9 Å². The van der Waals surface area contributed by atoms with Gasteiger partial charge in [0.15, 0.2) is 0 Å². The van der Waals surface area contributed by atoms with Gasteiger partial charge in [0.05, 0.1) is 7.11 Å². The molecule has 0 aliphatic rings. The molecule has 0 radical (unpaired) electrons. The van der Waals surface area contributed by atoms with Crippen molar-refractivity contribution >= 4 is 0 Å². The van der Waals surface area contributed by atoms with Gasteiger partial charge in [0.2, 0.25) is 0 Å². The molecule has 0 fully saturated rings. The van der Waals surface area contributed by atoms with Gasteiger partial charge in [-0.1, -0.05) is 0 Å². The normalized spacial score (nSPS) is 12.6. The van der Waals surface area contributed by atoms with E-state index in [1.807, 2.05) is 0 Å². The van der Waals surface area contributed by atoms with Crippen LogP contribution in [0.3, 0.4) is 0 Å². The molecule has 0 aliphatic carbocycles. The average molecular weight is 245 g/mol. The monoisotopic (exact) mass is 245 g/mol. The second-order valence-corrected chi connectivity index (χ2v) is 4.41. The predicted octanol–water partition coefficient (Wildman–Crippen LogP) is 2.02. The van der Waals surface area contributed by atoms with Crippen LogP contribution in [0.1, 0.15) is 25.0 Å². The number of rotatable bonds is 4. The molecule has 0 atom stereocenters. The quantitative estimate of drug-likeness (QED) is 0.853. The second-order valence-electron chi connectivity index (χ2n) is 4.41. The minimum Gasteiger partial charge on any atom is -0.497 e. The number of hydrogen-bond acceptors (Lipinski definition) is 3. The van der Waals surface area contributed by atoms with E-state index < -0.39 is 11.5 Å². The first-order valence-corrected chi connectivity index (χ1v) is 5.21. The highest BCUT2D eigenvalue weighted by Crippen LogP contribution is 2.40. The maximum Gasteiger partial charge on any atom is 0.300 e. The van der Waals surface area contributed by atoms with Gasteiger partial charge in [-0.15, -0.1) is 0 Å². The van der Waals surface area contributed by atoms with Crippen molar-refractivity contribution < 1.29 is 18.6 Å². The van der Waals surface area contributed by atoms with Crippen LogP contribution in [-0.2, 0) is 12.5 Å². The van der Waals surface area contributed by atoms with Gasteiger partial charge in [0.25, 0.3) is 0 Å². The SMILES string of the molecule is COc1cc(CN)cc(C(F)(F)C(C)(C)O)c1. The Kier molecular flexibility index (Phi) is 3.74. The highest BCUT2D eigenvalue weighted by Gasteiger charge is 2.47. The first kappa shape index (κ1) is 13.9. The molecule has 0 saturated heterocycles. The molecule has 5 heteroatoms. The van der Waals surface area contributed by atoms with Gasteiger partial charge in [-0.25, -0.2) is 0 Å². The van der Waals surface area contributed by atoms with Crippen LogP contribution < -0.4 is 10.5 Å². The summed E-state index contributed by atoms with van der Waals surface area (Å²) in [5.41, 5.74) is 3.51. The second kappa shape index (κ2) is 4.58. The molecular formula is C12H17F2NO2. The molecule has 0 spiro atoms. The first-order chi connectivity index (χ1) is 7.72. The Labute approximate surface area is 99.2 Å². The lowest BCUT2D eigenvalue weighted by atomic mass is 9.92. The van der Waals surface area contributed by atoms with E-state index in [0.29, 0.717) is 11.3 Å². The molecule has 3 nitrogen and oxygen atoms in total. The fraction of sp³-hybridized carbons (Fsp3) is 0.500. The number of halogens is 2. The zero-order valence-corrected chi connectivity index (χ0v) is 10.1. The molecule has 3 N–H and O–H groups in total. The molecule has 0 amide bonds. The van der Waals surface area contributed by atoms with E-state index in [-0.39, 0.29) is 12.1 Å². The fourth-order valence-electron chi connectivity index (χ4n) is 1.43. The lowest BCUT2D eigenvalue weighted by Crippen LogP contribution is -2.40. The third-order valence-corrected chi connectivity index (χ3v) is 2.57. The maximum absolute atomic E-state index is 13.9. The smallest absolute Gasteiger partial charge is 0.300 e. The van der Waals surface area contributed by atoms with E-state index in [2.05, 4.69) is 0 Å². The molecule has 17 heavy (non-hydrogen) atoms. The minimum atomic E-state index is -3.37. The summed E-state index contributed by atoms with van der Waals surface area (Å²) in [7, 11) is 1.39. The lowest BCUT2D eigenvalue weighted by molar-refractivity contribution is -0.168. The standard InChI is InChI=1S/C12H17F2NO2/c1-11(2,16)12(13,14)9-4-8(7-15)5-10(6-9)17-3/h4-6,16H,7,15H2,1-3H3. The topological polar surface area (TPSA) is 55.5 Å². The van der Waals surface area contributed by atoms with Gasteiger partial charge in [-0.2, -0.15) is 8.78 Å². The van der Waals surface area contributed by atoms with Crippen LogP contribution in [0.4, 0.5) is 8.78 Å². The molecule has 0 aromatic heterocycles. The summed E-state index contributed by atoms with van der Waals surface area (Å²) in [6, 6.07) is 4.07. The van der Waals surface area contributed by atoms with E-state index in [1.165, 1.54) is 19.2 Å². The highest BCUT2D eigenvalue weighted by molar-refractivity contribution is 5.37. The van der Waals surface area contributed by atoms with Crippen molar-refractivity contribution in [2.75, 3.05) is 7.11 Å². The molecular weight excluding hydrogens is 228 g/mol. The maximum atomic E-state index is 13.9. The van der Waals surface area contributed by atoms with Crippen LogP contribution in [0, 0.1) is 0 Å². The Morgan fingerprint density at radius 2 is 1.88 bits per heavy atom. The molecule has 0 saturated carbocycles. The van der Waals surface area contributed by atoms with Gasteiger partial charge in [0, 0.05) is 12.1 Å². The number of hydrogen-bond donors (Lipinski definition) is 2. The van der Waals surface area contributed by atoms with Crippen LogP contribution >= 0.6 is 0 Å². The Balaban J connectivity index is 3.30. The molecule has 1 rings (SSSR count). The van der Waals surface area contributed by atoms with Gasteiger partial charge < -0.3 is 15.6 Å². The van der Waals surface area contributed by atoms with Gasteiger partial charge in [-0.3, -0.25) is 0 Å². The Hall–Kier alpha value is -1.20. The lowest BCUT2D eigenvalue weighted by Gasteiger charge is -2.29. The average Bonchev–Trinajstić information content (AvgIpc) is 2.26. The fourth-order valence-corrected chi connectivity index (χ4v) is 1.43. The van der Waals surface area contributed by atoms with Gasteiger partial charge >= 0.3 is 5.92 Å². The highest BCUT2D eigenvalue weighted by atomic mass is 19.3. The van der Waals surface area contributed by atoms with E-state index >= 15 is 0 Å². The predicted molar refractivity (Wildman–Crippen MR) is 61.1 cm³/mol. The van der Waals surface area contributed by atoms with Gasteiger partial charge in [-0.05, 0) is 37.6 Å². The Morgan fingerprint density at radius 1 is 1.29 bits per heavy atom. The van der Waals surface area contributed by atoms with E-state index in [1.54, 1.807) is 6.07 Å². The summed E-state index contributed by atoms with van der Waals surface area (Å²) in [4.78, 5) is 0. The molecule has 0 bridgehead atoms.